The zero-order valence-electron chi connectivity index (χ0n) is 15.2. The largest absolute Gasteiger partial charge is 0.351 e. The van der Waals surface area contributed by atoms with Crippen LogP contribution in [0.2, 0.25) is 0 Å². The van der Waals surface area contributed by atoms with Gasteiger partial charge in [-0.2, -0.15) is 4.31 Å². The van der Waals surface area contributed by atoms with Crippen molar-refractivity contribution >= 4 is 15.9 Å². The summed E-state index contributed by atoms with van der Waals surface area (Å²) >= 11 is 0. The van der Waals surface area contributed by atoms with Crippen LogP contribution in [-0.2, 0) is 14.8 Å². The second-order valence-corrected chi connectivity index (χ2v) is 9.59. The average molecular weight is 353 g/mol. The van der Waals surface area contributed by atoms with Crippen LogP contribution in [0.5, 0.6) is 0 Å². The number of aryl methyl sites for hydroxylation is 2. The summed E-state index contributed by atoms with van der Waals surface area (Å²) in [6.45, 7) is 10.4. The Kier molecular flexibility index (Phi) is 5.40. The number of amides is 1. The zero-order valence-corrected chi connectivity index (χ0v) is 16.0. The smallest absolute Gasteiger partial charge is 0.243 e. The Balaban J connectivity index is 2.07. The van der Waals surface area contributed by atoms with E-state index in [4.69, 9.17) is 0 Å². The topological polar surface area (TPSA) is 66.5 Å². The van der Waals surface area contributed by atoms with E-state index in [0.717, 1.165) is 11.1 Å². The van der Waals surface area contributed by atoms with E-state index in [1.54, 1.807) is 6.07 Å². The van der Waals surface area contributed by atoms with Crippen molar-refractivity contribution in [3.05, 3.63) is 29.3 Å². The number of carbonyl (C=O) groups is 1. The van der Waals surface area contributed by atoms with Crippen LogP contribution in [0.1, 0.15) is 44.7 Å². The predicted molar refractivity (Wildman–Crippen MR) is 95.3 cm³/mol. The van der Waals surface area contributed by atoms with Crippen LogP contribution in [0.25, 0.3) is 0 Å². The summed E-state index contributed by atoms with van der Waals surface area (Å²) in [6, 6.07) is 5.39. The van der Waals surface area contributed by atoms with E-state index in [0.29, 0.717) is 30.8 Å². The molecule has 0 bridgehead atoms. The van der Waals surface area contributed by atoms with E-state index in [2.05, 4.69) is 5.32 Å². The van der Waals surface area contributed by atoms with Crippen molar-refractivity contribution < 1.29 is 13.2 Å². The molecule has 0 aliphatic carbocycles. The second-order valence-electron chi connectivity index (χ2n) is 7.69. The van der Waals surface area contributed by atoms with Crippen molar-refractivity contribution in [2.24, 2.45) is 5.92 Å². The molecule has 0 radical (unpaired) electrons. The van der Waals surface area contributed by atoms with Gasteiger partial charge in [-0.25, -0.2) is 8.42 Å². The van der Waals surface area contributed by atoms with E-state index < -0.39 is 10.0 Å². The van der Waals surface area contributed by atoms with Gasteiger partial charge in [0.15, 0.2) is 0 Å². The first-order chi connectivity index (χ1) is 11.0. The van der Waals surface area contributed by atoms with Crippen LogP contribution < -0.4 is 5.32 Å². The summed E-state index contributed by atoms with van der Waals surface area (Å²) in [5.41, 5.74) is 1.55. The minimum atomic E-state index is -3.49. The number of hydrogen-bond acceptors (Lipinski definition) is 3. The molecule has 134 valence electrons. The lowest BCUT2D eigenvalue weighted by molar-refractivity contribution is -0.127. The van der Waals surface area contributed by atoms with Crippen LogP contribution in [0.15, 0.2) is 23.1 Å². The molecule has 1 amide bonds. The molecule has 1 aliphatic heterocycles. The fourth-order valence-electron chi connectivity index (χ4n) is 3.06. The zero-order chi connectivity index (χ0) is 18.1. The molecule has 24 heavy (non-hydrogen) atoms. The van der Waals surface area contributed by atoms with E-state index in [-0.39, 0.29) is 17.4 Å². The highest BCUT2D eigenvalue weighted by Crippen LogP contribution is 2.26. The van der Waals surface area contributed by atoms with Crippen molar-refractivity contribution in [2.75, 3.05) is 13.1 Å². The van der Waals surface area contributed by atoms with Crippen LogP contribution in [0.4, 0.5) is 0 Å². The molecule has 1 aromatic carbocycles. The Morgan fingerprint density at radius 2 is 1.75 bits per heavy atom. The summed E-state index contributed by atoms with van der Waals surface area (Å²) < 4.78 is 27.2. The highest BCUT2D eigenvalue weighted by molar-refractivity contribution is 7.89. The lowest BCUT2D eigenvalue weighted by Gasteiger charge is -2.32. The van der Waals surface area contributed by atoms with Gasteiger partial charge in [-0.15, -0.1) is 0 Å². The maximum absolute atomic E-state index is 12.9. The summed E-state index contributed by atoms with van der Waals surface area (Å²) in [5.74, 6) is -0.0964. The van der Waals surface area contributed by atoms with Gasteiger partial charge in [0.1, 0.15) is 0 Å². The molecule has 0 aromatic heterocycles. The van der Waals surface area contributed by atoms with Crippen LogP contribution >= 0.6 is 0 Å². The predicted octanol–water partition coefficient (Wildman–Crippen LogP) is 2.62. The highest BCUT2D eigenvalue weighted by atomic mass is 32.2. The van der Waals surface area contributed by atoms with Crippen LogP contribution in [-0.4, -0.2) is 37.3 Å². The quantitative estimate of drug-likeness (QED) is 0.909. The molecular weight excluding hydrogens is 324 g/mol. The Labute approximate surface area is 145 Å². The van der Waals surface area contributed by atoms with Crippen LogP contribution in [0, 0.1) is 19.8 Å². The Bertz CT molecular complexity index is 712. The van der Waals surface area contributed by atoms with E-state index >= 15 is 0 Å². The van der Waals surface area contributed by atoms with Gasteiger partial charge < -0.3 is 5.32 Å². The summed E-state index contributed by atoms with van der Waals surface area (Å²) in [5, 5.41) is 2.98. The SMILES string of the molecule is Cc1ccc(S(=O)(=O)N2CCC(C(=O)NC(C)(C)C)CC2)c(C)c1. The van der Waals surface area contributed by atoms with Gasteiger partial charge in [-0.1, -0.05) is 17.7 Å². The van der Waals surface area contributed by atoms with Crippen molar-refractivity contribution in [1.82, 2.24) is 9.62 Å². The molecule has 1 heterocycles. The first kappa shape index (κ1) is 18.9. The number of piperidine rings is 1. The van der Waals surface area contributed by atoms with Crippen molar-refractivity contribution in [3.8, 4) is 0 Å². The van der Waals surface area contributed by atoms with E-state index in [1.165, 1.54) is 4.31 Å². The Morgan fingerprint density at radius 3 is 2.25 bits per heavy atom. The van der Waals surface area contributed by atoms with E-state index in [1.807, 2.05) is 46.8 Å². The lowest BCUT2D eigenvalue weighted by Crippen LogP contribution is -2.47. The van der Waals surface area contributed by atoms with Gasteiger partial charge in [-0.3, -0.25) is 4.79 Å². The molecule has 1 saturated heterocycles. The summed E-state index contributed by atoms with van der Waals surface area (Å²) in [4.78, 5) is 12.6. The molecule has 0 unspecified atom stereocenters. The molecule has 1 N–H and O–H groups in total. The number of carbonyl (C=O) groups excluding carboxylic acids is 1. The first-order valence-corrected chi connectivity index (χ1v) is 9.84. The Morgan fingerprint density at radius 1 is 1.17 bits per heavy atom. The molecule has 2 rings (SSSR count). The molecule has 1 aromatic rings. The second kappa shape index (κ2) is 6.84. The minimum Gasteiger partial charge on any atom is -0.351 e. The highest BCUT2D eigenvalue weighted by Gasteiger charge is 2.33. The van der Waals surface area contributed by atoms with Crippen molar-refractivity contribution in [2.45, 2.75) is 57.9 Å². The van der Waals surface area contributed by atoms with Gasteiger partial charge in [0, 0.05) is 24.5 Å². The van der Waals surface area contributed by atoms with Crippen molar-refractivity contribution in [3.63, 3.8) is 0 Å². The molecular formula is C18H28N2O3S. The Hall–Kier alpha value is -1.40. The van der Waals surface area contributed by atoms with Gasteiger partial charge in [0.2, 0.25) is 15.9 Å². The summed E-state index contributed by atoms with van der Waals surface area (Å²) in [7, 11) is -3.49. The number of benzene rings is 1. The average Bonchev–Trinajstić information content (AvgIpc) is 2.45. The molecule has 0 atom stereocenters. The number of sulfonamides is 1. The number of nitrogens with one attached hydrogen (secondary N) is 1. The fraction of sp³-hybridized carbons (Fsp3) is 0.611. The third-order valence-electron chi connectivity index (χ3n) is 4.27. The third-order valence-corrected chi connectivity index (χ3v) is 6.33. The lowest BCUT2D eigenvalue weighted by atomic mass is 9.96. The van der Waals surface area contributed by atoms with Gasteiger partial charge >= 0.3 is 0 Å². The molecule has 0 spiro atoms. The van der Waals surface area contributed by atoms with Crippen molar-refractivity contribution in [1.29, 1.82) is 0 Å². The third kappa shape index (κ3) is 4.36. The first-order valence-electron chi connectivity index (χ1n) is 8.40. The molecule has 1 aliphatic rings. The normalized spacial score (nSPS) is 17.7. The molecule has 1 fully saturated rings. The molecule has 0 saturated carbocycles. The van der Waals surface area contributed by atoms with Gasteiger partial charge in [0.05, 0.1) is 4.90 Å². The number of nitrogens with zero attached hydrogens (tertiary/aromatic N) is 1. The van der Waals surface area contributed by atoms with Gasteiger partial charge in [-0.05, 0) is 59.1 Å². The fourth-order valence-corrected chi connectivity index (χ4v) is 4.73. The van der Waals surface area contributed by atoms with Gasteiger partial charge in [0.25, 0.3) is 0 Å². The maximum Gasteiger partial charge on any atom is 0.243 e. The standard InChI is InChI=1S/C18H28N2O3S/c1-13-6-7-16(14(2)12-13)24(22,23)20-10-8-15(9-11-20)17(21)19-18(3,4)5/h6-7,12,15H,8-11H2,1-5H3,(H,19,21). The minimum absolute atomic E-state index is 0.0195. The van der Waals surface area contributed by atoms with E-state index in [9.17, 15) is 13.2 Å². The molecule has 6 heteroatoms. The number of rotatable bonds is 3. The molecule has 5 nitrogen and oxygen atoms in total. The maximum atomic E-state index is 12.9. The van der Waals surface area contributed by atoms with Crippen LogP contribution in [0.3, 0.4) is 0 Å². The number of hydrogen-bond donors (Lipinski definition) is 1. The monoisotopic (exact) mass is 352 g/mol. The summed E-state index contributed by atoms with van der Waals surface area (Å²) in [6.07, 6.45) is 1.12.